The van der Waals surface area contributed by atoms with Gasteiger partial charge >= 0.3 is 0 Å². The maximum absolute atomic E-state index is 3.63. The summed E-state index contributed by atoms with van der Waals surface area (Å²) in [5, 5.41) is 0. The van der Waals surface area contributed by atoms with Crippen LogP contribution in [0, 0.1) is 0 Å². The average molecular weight is 131 g/mol. The molecule has 0 saturated heterocycles. The molecule has 1 atom stereocenters. The average Bonchev–Trinajstić information content (AvgIpc) is 1.67. The minimum Gasteiger partial charge on any atom is -0.281 e. The number of hydrogen-bond donors (Lipinski definition) is 0. The molecule has 0 aliphatic rings. The van der Waals surface area contributed by atoms with Gasteiger partial charge in [0.25, 0.3) is 0 Å². The van der Waals surface area contributed by atoms with Gasteiger partial charge < -0.3 is 0 Å². The van der Waals surface area contributed by atoms with E-state index in [4.69, 9.17) is 0 Å². The molecule has 0 amide bonds. The Bertz CT molecular complexity index is 70.9. The quantitative estimate of drug-likeness (QED) is 0.416. The highest BCUT2D eigenvalue weighted by atomic mass is 31.0. The minimum atomic E-state index is 0.595. The van der Waals surface area contributed by atoms with Crippen LogP contribution in [0.25, 0.3) is 0 Å². The largest absolute Gasteiger partial charge is 0.281 e. The smallest absolute Gasteiger partial charge is 0.0197 e. The summed E-state index contributed by atoms with van der Waals surface area (Å²) in [5.74, 6) is 0. The first kappa shape index (κ1) is 8.13. The van der Waals surface area contributed by atoms with Crippen molar-refractivity contribution in [2.24, 2.45) is 0 Å². The Labute approximate surface area is 54.0 Å². The van der Waals surface area contributed by atoms with E-state index in [1.807, 2.05) is 6.08 Å². The van der Waals surface area contributed by atoms with Crippen molar-refractivity contribution in [3.63, 3.8) is 0 Å². The highest BCUT2D eigenvalue weighted by Gasteiger charge is 1.97. The normalized spacial score (nSPS) is 10.6. The fourth-order valence-corrected chi connectivity index (χ4v) is 0.509. The molecule has 0 aromatic carbocycles. The predicted molar refractivity (Wildman–Crippen MR) is 41.7 cm³/mol. The predicted octanol–water partition coefficient (Wildman–Crippen LogP) is 1.67. The maximum atomic E-state index is 3.63. The minimum absolute atomic E-state index is 0.595. The molecular weight excluding hydrogens is 117 g/mol. The van der Waals surface area contributed by atoms with E-state index in [0.29, 0.717) is 6.04 Å². The lowest BCUT2D eigenvalue weighted by Gasteiger charge is -2.17. The fourth-order valence-electron chi connectivity index (χ4n) is 0.360. The molecule has 0 aromatic heterocycles. The van der Waals surface area contributed by atoms with Gasteiger partial charge in [0.1, 0.15) is 0 Å². The first-order chi connectivity index (χ1) is 3.68. The molecular formula is C6H14NP. The van der Waals surface area contributed by atoms with Crippen LogP contribution < -0.4 is 0 Å². The Morgan fingerprint density at radius 2 is 2.25 bits per heavy atom. The van der Waals surface area contributed by atoms with Crippen molar-refractivity contribution in [2.45, 2.75) is 19.9 Å². The van der Waals surface area contributed by atoms with Crippen LogP contribution >= 0.6 is 9.39 Å². The molecule has 0 fully saturated rings. The van der Waals surface area contributed by atoms with Gasteiger partial charge in [0.2, 0.25) is 0 Å². The molecule has 0 bridgehead atoms. The van der Waals surface area contributed by atoms with Crippen molar-refractivity contribution >= 4 is 9.39 Å². The van der Waals surface area contributed by atoms with Crippen LogP contribution in [0.15, 0.2) is 12.7 Å². The molecule has 1 unspecified atom stereocenters. The van der Waals surface area contributed by atoms with Gasteiger partial charge in [0, 0.05) is 12.6 Å². The second-order valence-electron chi connectivity index (χ2n) is 2.08. The van der Waals surface area contributed by atoms with Crippen LogP contribution in [-0.2, 0) is 0 Å². The highest BCUT2D eigenvalue weighted by molar-refractivity contribution is 7.13. The van der Waals surface area contributed by atoms with E-state index in [2.05, 4.69) is 34.5 Å². The molecule has 0 radical (unpaired) electrons. The second-order valence-corrected chi connectivity index (χ2v) is 2.74. The van der Waals surface area contributed by atoms with E-state index < -0.39 is 0 Å². The number of rotatable bonds is 3. The lowest BCUT2D eigenvalue weighted by molar-refractivity contribution is 0.432. The Hall–Kier alpha value is 0.130. The summed E-state index contributed by atoms with van der Waals surface area (Å²) in [5.41, 5.74) is 0. The summed E-state index contributed by atoms with van der Waals surface area (Å²) in [7, 11) is 2.66. The standard InChI is InChI=1S/C6H14NP/c1-4-5-7(8)6(2)3/h4,6H,1,5,8H2,2-3H3. The molecule has 0 saturated carbocycles. The maximum Gasteiger partial charge on any atom is 0.0197 e. The van der Waals surface area contributed by atoms with Crippen molar-refractivity contribution in [1.29, 1.82) is 0 Å². The third kappa shape index (κ3) is 3.17. The van der Waals surface area contributed by atoms with Crippen molar-refractivity contribution in [1.82, 2.24) is 4.67 Å². The Kier molecular flexibility index (Phi) is 4.12. The number of hydrogen-bond acceptors (Lipinski definition) is 1. The second kappa shape index (κ2) is 4.05. The van der Waals surface area contributed by atoms with Gasteiger partial charge in [0.15, 0.2) is 0 Å². The molecule has 48 valence electrons. The fraction of sp³-hybridized carbons (Fsp3) is 0.667. The molecule has 0 heterocycles. The SMILES string of the molecule is C=CCN(P)C(C)C. The van der Waals surface area contributed by atoms with E-state index in [1.54, 1.807) is 0 Å². The van der Waals surface area contributed by atoms with E-state index in [0.717, 1.165) is 6.54 Å². The third-order valence-electron chi connectivity index (χ3n) is 1.00. The Morgan fingerprint density at radius 3 is 2.38 bits per heavy atom. The molecule has 2 heteroatoms. The molecule has 0 rings (SSSR count). The molecule has 8 heavy (non-hydrogen) atoms. The lowest BCUT2D eigenvalue weighted by atomic mass is 10.4. The van der Waals surface area contributed by atoms with Crippen LogP contribution in [-0.4, -0.2) is 17.3 Å². The third-order valence-corrected chi connectivity index (χ3v) is 1.81. The van der Waals surface area contributed by atoms with Crippen LogP contribution in [0.1, 0.15) is 13.8 Å². The van der Waals surface area contributed by atoms with Gasteiger partial charge in [-0.1, -0.05) is 15.5 Å². The van der Waals surface area contributed by atoms with E-state index in [-0.39, 0.29) is 0 Å². The van der Waals surface area contributed by atoms with E-state index in [1.165, 1.54) is 0 Å². The van der Waals surface area contributed by atoms with Crippen LogP contribution in [0.4, 0.5) is 0 Å². The van der Waals surface area contributed by atoms with Crippen LogP contribution in [0.2, 0.25) is 0 Å². The number of nitrogens with zero attached hydrogens (tertiary/aromatic N) is 1. The van der Waals surface area contributed by atoms with Crippen molar-refractivity contribution in [3.8, 4) is 0 Å². The van der Waals surface area contributed by atoms with Gasteiger partial charge in [-0.05, 0) is 13.8 Å². The highest BCUT2D eigenvalue weighted by Crippen LogP contribution is 2.03. The summed E-state index contributed by atoms with van der Waals surface area (Å²) >= 11 is 0. The van der Waals surface area contributed by atoms with Gasteiger partial charge in [0.05, 0.1) is 0 Å². The van der Waals surface area contributed by atoms with Crippen molar-refractivity contribution in [2.75, 3.05) is 6.54 Å². The topological polar surface area (TPSA) is 3.24 Å². The zero-order chi connectivity index (χ0) is 6.57. The van der Waals surface area contributed by atoms with Crippen LogP contribution in [0.5, 0.6) is 0 Å². The zero-order valence-corrected chi connectivity index (χ0v) is 6.75. The summed E-state index contributed by atoms with van der Waals surface area (Å²) in [6.45, 7) is 8.87. The summed E-state index contributed by atoms with van der Waals surface area (Å²) in [4.78, 5) is 0. The van der Waals surface area contributed by atoms with Crippen molar-refractivity contribution in [3.05, 3.63) is 12.7 Å². The molecule has 0 N–H and O–H groups in total. The van der Waals surface area contributed by atoms with Gasteiger partial charge in [-0.2, -0.15) is 0 Å². The summed E-state index contributed by atoms with van der Waals surface area (Å²) in [6, 6.07) is 0.595. The van der Waals surface area contributed by atoms with E-state index >= 15 is 0 Å². The van der Waals surface area contributed by atoms with Gasteiger partial charge in [-0.3, -0.25) is 4.67 Å². The summed E-state index contributed by atoms with van der Waals surface area (Å²) in [6.07, 6.45) is 1.90. The lowest BCUT2D eigenvalue weighted by Crippen LogP contribution is -2.19. The van der Waals surface area contributed by atoms with E-state index in [9.17, 15) is 0 Å². The monoisotopic (exact) mass is 131 g/mol. The van der Waals surface area contributed by atoms with Gasteiger partial charge in [-0.15, -0.1) is 6.58 Å². The Morgan fingerprint density at radius 1 is 1.75 bits per heavy atom. The van der Waals surface area contributed by atoms with Gasteiger partial charge in [-0.25, -0.2) is 0 Å². The molecule has 0 aliphatic heterocycles. The van der Waals surface area contributed by atoms with Crippen molar-refractivity contribution < 1.29 is 0 Å². The zero-order valence-electron chi connectivity index (χ0n) is 5.59. The molecule has 1 nitrogen and oxygen atoms in total. The molecule has 0 aromatic rings. The first-order valence-corrected chi connectivity index (χ1v) is 3.32. The molecule has 0 spiro atoms. The summed E-state index contributed by atoms with van der Waals surface area (Å²) < 4.78 is 2.15. The van der Waals surface area contributed by atoms with Crippen LogP contribution in [0.3, 0.4) is 0 Å². The Balaban J connectivity index is 3.30. The first-order valence-electron chi connectivity index (χ1n) is 2.80. The molecule has 0 aliphatic carbocycles.